The minimum Gasteiger partial charge on any atom is -0.376 e. The number of amides is 1. The molecule has 0 radical (unpaired) electrons. The van der Waals surface area contributed by atoms with Crippen LogP contribution in [-0.4, -0.2) is 72.6 Å². The number of aryl methyl sites for hydroxylation is 2. The maximum absolute atomic E-state index is 16.5. The summed E-state index contributed by atoms with van der Waals surface area (Å²) in [5.41, 5.74) is 3.38. The molecule has 1 N–H and O–H groups in total. The molecule has 18 heteroatoms. The van der Waals surface area contributed by atoms with E-state index in [0.717, 1.165) is 42.1 Å². The van der Waals surface area contributed by atoms with E-state index in [-0.39, 0.29) is 58.8 Å². The maximum Gasteiger partial charge on any atom is 0.438 e. The number of carbonyl (C=O) groups is 1. The number of ether oxygens (including phenoxy) is 1. The first-order valence-corrected chi connectivity index (χ1v) is 25.0. The molecule has 5 aliphatic rings. The highest BCUT2D eigenvalue weighted by atomic mass is 32.2. The second kappa shape index (κ2) is 14.8. The van der Waals surface area contributed by atoms with Crippen LogP contribution < -0.4 is 11.4 Å². The monoisotopic (exact) mass is 943 g/mol. The molecule has 1 saturated heterocycles. The summed E-state index contributed by atoms with van der Waals surface area (Å²) in [6.45, 7) is 12.4. The minimum atomic E-state index is -2.72. The number of hydrogen-bond acceptors (Lipinski definition) is 9. The highest BCUT2D eigenvalue weighted by molar-refractivity contribution is 7.94. The molecule has 0 bridgehead atoms. The van der Waals surface area contributed by atoms with Crippen LogP contribution in [0.2, 0.25) is 0 Å². The number of aromatic nitrogens is 7. The van der Waals surface area contributed by atoms with Gasteiger partial charge < -0.3 is 14.2 Å². The summed E-state index contributed by atoms with van der Waals surface area (Å²) >= 11 is 0. The number of halogens is 2. The Balaban J connectivity index is 0.989. The molecule has 1 unspecified atom stereocenters. The van der Waals surface area contributed by atoms with Gasteiger partial charge in [0.1, 0.15) is 22.9 Å². The first-order chi connectivity index (χ1) is 32.5. The van der Waals surface area contributed by atoms with Crippen molar-refractivity contribution in [2.24, 2.45) is 10.3 Å². The lowest BCUT2D eigenvalue weighted by molar-refractivity contribution is -0.0592. The lowest BCUT2D eigenvalue weighted by atomic mass is 9.83. The van der Waals surface area contributed by atoms with Gasteiger partial charge in [0.25, 0.3) is 5.91 Å². The molecule has 3 aromatic carbocycles. The van der Waals surface area contributed by atoms with E-state index in [0.29, 0.717) is 69.8 Å². The van der Waals surface area contributed by atoms with Gasteiger partial charge in [0.15, 0.2) is 11.6 Å². The van der Waals surface area contributed by atoms with Crippen molar-refractivity contribution in [3.05, 3.63) is 139 Å². The van der Waals surface area contributed by atoms with E-state index in [1.807, 2.05) is 17.6 Å². The van der Waals surface area contributed by atoms with Crippen LogP contribution in [-0.2, 0) is 33.0 Å². The largest absolute Gasteiger partial charge is 0.438 e. The van der Waals surface area contributed by atoms with Crippen molar-refractivity contribution in [2.45, 2.75) is 120 Å². The molecule has 0 spiro atoms. The molecule has 1 amide bonds. The predicted octanol–water partition coefficient (Wildman–Crippen LogP) is 8.06. The number of H-pyrrole nitrogens is 1. The van der Waals surface area contributed by atoms with Crippen LogP contribution in [0.5, 0.6) is 0 Å². The fourth-order valence-corrected chi connectivity index (χ4v) is 14.1. The average molecular weight is 944 g/mol. The molecule has 68 heavy (non-hydrogen) atoms. The number of carbonyl (C=O) groups excluding carboxylic acids is 1. The number of hydrogen-bond donors (Lipinski definition) is 1. The SMILES string of the molecule is Cc1cc(-n2nc3c(c2-n2ccn(-c4ccc5c(c4F)CN=S5(=O)C4CC4)c2=O)[C@H](C)N(C(=O)c2cc4cc([C@H]5CCOC(C)(C)C5)ccc4n2[C@@]2(c4noc(=O)[nH]4)C[C@@H]2C)CC3)cc(C)c1F. The van der Waals surface area contributed by atoms with Crippen LogP contribution in [0, 0.1) is 31.4 Å². The van der Waals surface area contributed by atoms with Gasteiger partial charge >= 0.3 is 11.4 Å². The Hall–Kier alpha value is -6.40. The van der Waals surface area contributed by atoms with E-state index in [1.165, 1.54) is 21.4 Å². The zero-order chi connectivity index (χ0) is 47.3. The molecule has 2 aliphatic carbocycles. The zero-order valence-electron chi connectivity index (χ0n) is 38.6. The molecule has 4 aromatic heterocycles. The molecule has 7 heterocycles. The number of benzene rings is 3. The van der Waals surface area contributed by atoms with E-state index in [9.17, 15) is 13.8 Å². The second-order valence-electron chi connectivity index (χ2n) is 20.1. The van der Waals surface area contributed by atoms with Crippen molar-refractivity contribution >= 4 is 26.5 Å². The first-order valence-electron chi connectivity index (χ1n) is 23.4. The van der Waals surface area contributed by atoms with Gasteiger partial charge in [-0.15, -0.1) is 0 Å². The van der Waals surface area contributed by atoms with E-state index in [4.69, 9.17) is 14.4 Å². The Labute approximate surface area is 389 Å². The molecular weight excluding hydrogens is 893 g/mol. The van der Waals surface area contributed by atoms with Crippen molar-refractivity contribution < 1.29 is 27.0 Å². The summed E-state index contributed by atoms with van der Waals surface area (Å²) in [5, 5.41) is 10.0. The Morgan fingerprint density at radius 1 is 0.941 bits per heavy atom. The van der Waals surface area contributed by atoms with E-state index < -0.39 is 38.6 Å². The first kappa shape index (κ1) is 42.9. The van der Waals surface area contributed by atoms with Gasteiger partial charge in [-0.1, -0.05) is 18.1 Å². The molecule has 15 nitrogen and oxygen atoms in total. The molecule has 12 rings (SSSR count). The molecule has 5 atom stereocenters. The molecule has 2 saturated carbocycles. The van der Waals surface area contributed by atoms with Crippen LogP contribution in [0.25, 0.3) is 28.1 Å². The number of nitrogens with one attached hydrogen (secondary N) is 1. The fraction of sp³-hybridized carbons (Fsp3) is 0.420. The Morgan fingerprint density at radius 2 is 1.69 bits per heavy atom. The highest BCUT2D eigenvalue weighted by Crippen LogP contribution is 2.56. The summed E-state index contributed by atoms with van der Waals surface area (Å²) in [6.07, 6.45) is 7.24. The highest BCUT2D eigenvalue weighted by Gasteiger charge is 2.59. The number of nitrogens with zero attached hydrogens (tertiary/aromatic N) is 8. The standard InChI is InChI=1S/C50H51F2N9O6S/c1-26-19-33(20-27(2)42(26)51)61-44(59-17-16-58(48(59)64)38-11-12-40-35(43(38)52)25-53-68(40,65)34-8-9-34)41-29(4)57(15-13-36(41)55-61)45(62)39-22-32-21-30(31-14-18-66-49(5,6)24-31)7-10-37(32)60(39)50(23-28(50)3)46-54-47(63)67-56-46/h7,10-12,16-17,19-22,28-29,31,34H,8-9,13-15,18,23-25H2,1-6H3,(H,54,56,63)/t28-,29-,31-,50-,68?/m0/s1. The number of rotatable bonds is 8. The van der Waals surface area contributed by atoms with Crippen molar-refractivity contribution in [1.82, 2.24) is 38.5 Å². The van der Waals surface area contributed by atoms with Crippen molar-refractivity contribution in [3.8, 4) is 17.2 Å². The van der Waals surface area contributed by atoms with E-state index >= 15 is 13.6 Å². The molecular formula is C50H51F2N9O6S. The van der Waals surface area contributed by atoms with Gasteiger partial charge in [0, 0.05) is 59.2 Å². The summed E-state index contributed by atoms with van der Waals surface area (Å²) in [6, 6.07) is 14.1. The third-order valence-corrected chi connectivity index (χ3v) is 18.2. The lowest BCUT2D eigenvalue weighted by Gasteiger charge is -2.35. The van der Waals surface area contributed by atoms with Gasteiger partial charge in [-0.05, 0) is 138 Å². The number of aromatic amines is 1. The third-order valence-electron chi connectivity index (χ3n) is 15.3. The van der Waals surface area contributed by atoms with Gasteiger partial charge in [0.05, 0.1) is 49.9 Å². The summed E-state index contributed by atoms with van der Waals surface area (Å²) in [5.74, 6) is -1.06. The van der Waals surface area contributed by atoms with Gasteiger partial charge in [-0.2, -0.15) is 5.10 Å². The summed E-state index contributed by atoms with van der Waals surface area (Å²) in [7, 11) is -2.72. The average Bonchev–Trinajstić information content (AvgIpc) is 3.93. The van der Waals surface area contributed by atoms with Gasteiger partial charge in [-0.25, -0.2) is 31.6 Å². The Bertz CT molecular complexity index is 3540. The normalized spacial score (nSPS) is 25.1. The van der Waals surface area contributed by atoms with Gasteiger partial charge in [0.2, 0.25) is 0 Å². The van der Waals surface area contributed by atoms with Crippen molar-refractivity contribution in [3.63, 3.8) is 0 Å². The fourth-order valence-electron chi connectivity index (χ4n) is 11.5. The van der Waals surface area contributed by atoms with Crippen molar-refractivity contribution in [2.75, 3.05) is 13.2 Å². The van der Waals surface area contributed by atoms with Crippen LogP contribution >= 0.6 is 0 Å². The lowest BCUT2D eigenvalue weighted by Crippen LogP contribution is -2.41. The Morgan fingerprint density at radius 3 is 2.38 bits per heavy atom. The minimum absolute atomic E-state index is 0.00591. The summed E-state index contributed by atoms with van der Waals surface area (Å²) in [4.78, 5) is 47.9. The van der Waals surface area contributed by atoms with Crippen LogP contribution in [0.1, 0.15) is 122 Å². The van der Waals surface area contributed by atoms with Crippen LogP contribution in [0.3, 0.4) is 0 Å². The summed E-state index contributed by atoms with van der Waals surface area (Å²) < 4.78 is 67.2. The number of imidazole rings is 1. The smallest absolute Gasteiger partial charge is 0.376 e. The second-order valence-corrected chi connectivity index (χ2v) is 22.6. The van der Waals surface area contributed by atoms with E-state index in [1.54, 1.807) is 47.8 Å². The van der Waals surface area contributed by atoms with E-state index in [2.05, 4.69) is 53.5 Å². The Kier molecular flexibility index (Phi) is 9.34. The maximum atomic E-state index is 16.5. The third kappa shape index (κ3) is 6.27. The zero-order valence-corrected chi connectivity index (χ0v) is 39.5. The molecule has 352 valence electrons. The molecule has 7 aromatic rings. The number of fused-ring (bicyclic) bond motifs is 3. The molecule has 3 aliphatic heterocycles. The predicted molar refractivity (Wildman–Crippen MR) is 249 cm³/mol. The van der Waals surface area contributed by atoms with Crippen molar-refractivity contribution in [1.29, 1.82) is 0 Å². The quantitative estimate of drug-likeness (QED) is 0.160. The van der Waals surface area contributed by atoms with Gasteiger partial charge in [-0.3, -0.25) is 23.4 Å². The molecule has 3 fully saturated rings. The van der Waals surface area contributed by atoms with Crippen LogP contribution in [0.15, 0.2) is 84.3 Å². The topological polar surface area (TPSA) is 168 Å². The van der Waals surface area contributed by atoms with Crippen LogP contribution in [0.4, 0.5) is 8.78 Å².